The molecule has 0 aromatic heterocycles. The van der Waals surface area contributed by atoms with Gasteiger partial charge in [-0.15, -0.1) is 0 Å². The summed E-state index contributed by atoms with van der Waals surface area (Å²) in [6.45, 7) is 21.0. The van der Waals surface area contributed by atoms with Gasteiger partial charge in [0.15, 0.2) is 0 Å². The smallest absolute Gasteiger partial charge is 0.310 e. The molecule has 10 atom stereocenters. The quantitative estimate of drug-likeness (QED) is 0.123. The molecule has 0 heterocycles. The third-order valence-corrected chi connectivity index (χ3v) is 17.2. The van der Waals surface area contributed by atoms with Gasteiger partial charge >= 0.3 is 5.97 Å². The van der Waals surface area contributed by atoms with Crippen molar-refractivity contribution in [3.8, 4) is 0 Å². The molecule has 0 aromatic carbocycles. The van der Waals surface area contributed by atoms with Crippen molar-refractivity contribution in [2.75, 3.05) is 6.61 Å². The molecule has 1 unspecified atom stereocenters. The number of allylic oxidation sites excluding steroid dienone is 2. The first-order valence-electron chi connectivity index (χ1n) is 21.8. The fourth-order valence-corrected chi connectivity index (χ4v) is 13.7. The van der Waals surface area contributed by atoms with Gasteiger partial charge in [0.1, 0.15) is 0 Å². The van der Waals surface area contributed by atoms with E-state index in [1.165, 1.54) is 116 Å². The summed E-state index contributed by atoms with van der Waals surface area (Å²) in [5, 5.41) is 10.7. The fourth-order valence-electron chi connectivity index (χ4n) is 13.7. The van der Waals surface area contributed by atoms with E-state index >= 15 is 0 Å². The Morgan fingerprint density at radius 1 is 0.735 bits per heavy atom. The molecule has 4 saturated carbocycles. The first-order valence-corrected chi connectivity index (χ1v) is 21.8. The van der Waals surface area contributed by atoms with Crippen molar-refractivity contribution >= 4 is 5.97 Å². The zero-order valence-electron chi connectivity index (χ0n) is 33.8. The van der Waals surface area contributed by atoms with E-state index in [-0.39, 0.29) is 22.2 Å². The molecule has 0 saturated heterocycles. The lowest BCUT2D eigenvalue weighted by molar-refractivity contribution is -0.213. The minimum absolute atomic E-state index is 0.101. The Bertz CT molecular complexity index is 1120. The average Bonchev–Trinajstić information content (AvgIpc) is 3.05. The molecule has 0 radical (unpaired) electrons. The first kappa shape index (κ1) is 39.4. The molecule has 1 N–H and O–H groups in total. The fraction of sp³-hybridized carbons (Fsp3) is 0.935. The third-order valence-electron chi connectivity index (χ3n) is 17.2. The van der Waals surface area contributed by atoms with Crippen LogP contribution in [0.1, 0.15) is 203 Å². The molecule has 0 aromatic rings. The molecule has 282 valence electrons. The lowest BCUT2D eigenvalue weighted by Crippen LogP contribution is -2.65. The van der Waals surface area contributed by atoms with Crippen LogP contribution in [0.4, 0.5) is 0 Å². The maximum Gasteiger partial charge on any atom is 0.310 e. The predicted octanol–water partition coefficient (Wildman–Crippen LogP) is 13.6. The Hall–Kier alpha value is -0.830. The summed E-state index contributed by atoms with van der Waals surface area (Å²) in [5.41, 5.74) is 1.84. The minimum Gasteiger partial charge on any atom is -0.481 e. The van der Waals surface area contributed by atoms with Crippen molar-refractivity contribution in [1.29, 1.82) is 0 Å². The molecular weight excluding hydrogens is 601 g/mol. The van der Waals surface area contributed by atoms with E-state index < -0.39 is 11.4 Å². The van der Waals surface area contributed by atoms with Gasteiger partial charge in [-0.3, -0.25) is 4.79 Å². The van der Waals surface area contributed by atoms with E-state index in [4.69, 9.17) is 4.74 Å². The molecule has 0 aliphatic heterocycles. The summed E-state index contributed by atoms with van der Waals surface area (Å²) in [4.78, 5) is 13.0. The van der Waals surface area contributed by atoms with Gasteiger partial charge in [0.2, 0.25) is 0 Å². The van der Waals surface area contributed by atoms with Crippen LogP contribution in [-0.2, 0) is 9.53 Å². The van der Waals surface area contributed by atoms with E-state index in [0.29, 0.717) is 35.2 Å². The number of hydrogen-bond donors (Lipinski definition) is 1. The summed E-state index contributed by atoms with van der Waals surface area (Å²) in [5.74, 6) is 2.06. The number of hydrogen-bond acceptors (Lipinski definition) is 2. The second-order valence-corrected chi connectivity index (χ2v) is 19.9. The third kappa shape index (κ3) is 7.26. The zero-order valence-corrected chi connectivity index (χ0v) is 33.8. The van der Waals surface area contributed by atoms with E-state index in [9.17, 15) is 9.90 Å². The summed E-state index contributed by atoms with van der Waals surface area (Å²) in [7, 11) is 0. The highest BCUT2D eigenvalue weighted by Crippen LogP contribution is 2.75. The topological polar surface area (TPSA) is 46.5 Å². The standard InChI is InChI=1S/C46H80O3/c1-9-10-11-12-13-14-15-16-17-18-19-20-21-22-33-49-39-27-28-43(6)37(42(39,4)5)26-29-45(8)38(43)24-23-36-40-35(3)34(2)25-30-46(40,41(47)48)32-31-44(36,45)7/h23,34-35,37-40H,9-22,24-33H2,1-8H3,(H,47,48)/t34-,35+,37?,38-,39+,40+,43+,44-,45-,46+/m1/s1. The normalized spacial score (nSPS) is 41.2. The molecule has 0 bridgehead atoms. The highest BCUT2D eigenvalue weighted by molar-refractivity contribution is 5.76. The number of rotatable bonds is 17. The number of aliphatic carboxylic acids is 1. The van der Waals surface area contributed by atoms with Gasteiger partial charge in [-0.2, -0.15) is 0 Å². The summed E-state index contributed by atoms with van der Waals surface area (Å²) in [6.07, 6.45) is 32.6. The van der Waals surface area contributed by atoms with Crippen molar-refractivity contribution in [2.24, 2.45) is 56.7 Å². The van der Waals surface area contributed by atoms with Gasteiger partial charge in [-0.25, -0.2) is 0 Å². The highest BCUT2D eigenvalue weighted by atomic mass is 16.5. The average molecular weight is 681 g/mol. The molecule has 5 aliphatic rings. The van der Waals surface area contributed by atoms with Crippen LogP contribution in [0, 0.1) is 56.7 Å². The first-order chi connectivity index (χ1) is 23.3. The summed E-state index contributed by atoms with van der Waals surface area (Å²) < 4.78 is 6.81. The maximum absolute atomic E-state index is 13.0. The van der Waals surface area contributed by atoms with Gasteiger partial charge in [0.05, 0.1) is 11.5 Å². The Morgan fingerprint density at radius 3 is 1.92 bits per heavy atom. The molecule has 49 heavy (non-hydrogen) atoms. The number of fused-ring (bicyclic) bond motifs is 7. The lowest BCUT2D eigenvalue weighted by Gasteiger charge is -2.71. The van der Waals surface area contributed by atoms with Crippen LogP contribution >= 0.6 is 0 Å². The van der Waals surface area contributed by atoms with Crippen molar-refractivity contribution in [3.05, 3.63) is 11.6 Å². The van der Waals surface area contributed by atoms with Crippen molar-refractivity contribution in [2.45, 2.75) is 209 Å². The minimum atomic E-state index is -0.550. The van der Waals surface area contributed by atoms with E-state index in [1.807, 2.05) is 0 Å². The molecule has 5 rings (SSSR count). The summed E-state index contributed by atoms with van der Waals surface area (Å²) in [6, 6.07) is 0. The highest BCUT2D eigenvalue weighted by Gasteiger charge is 2.69. The zero-order chi connectivity index (χ0) is 35.5. The second kappa shape index (κ2) is 16.0. The molecule has 0 spiro atoms. The van der Waals surface area contributed by atoms with Crippen LogP contribution in [0.3, 0.4) is 0 Å². The monoisotopic (exact) mass is 681 g/mol. The number of carbonyl (C=O) groups is 1. The van der Waals surface area contributed by atoms with Gasteiger partial charge in [0.25, 0.3) is 0 Å². The van der Waals surface area contributed by atoms with Gasteiger partial charge in [0, 0.05) is 6.61 Å². The Labute approximate surface area is 304 Å². The van der Waals surface area contributed by atoms with Crippen LogP contribution in [0.15, 0.2) is 11.6 Å². The SMILES string of the molecule is CCCCCCCCCCCCCCCCO[C@H]1CC[C@@]2(C)C(CC[C@]3(C)[C@@H]2CC=C2[C@@H]4[C@@H](C)[C@H](C)CC[C@]4(C(=O)O)CC[C@]23C)C1(C)C. The Kier molecular flexibility index (Phi) is 12.9. The molecule has 5 aliphatic carbocycles. The predicted molar refractivity (Wildman–Crippen MR) is 207 cm³/mol. The Morgan fingerprint density at radius 2 is 1.33 bits per heavy atom. The van der Waals surface area contributed by atoms with Crippen LogP contribution in [0.25, 0.3) is 0 Å². The number of ether oxygens (including phenoxy) is 1. The van der Waals surface area contributed by atoms with Crippen molar-refractivity contribution < 1.29 is 14.6 Å². The van der Waals surface area contributed by atoms with Gasteiger partial charge in [-0.05, 0) is 115 Å². The lowest BCUT2D eigenvalue weighted by atomic mass is 9.33. The van der Waals surface area contributed by atoms with Crippen molar-refractivity contribution in [3.63, 3.8) is 0 Å². The number of carboxylic acids is 1. The number of carboxylic acid groups (broad SMARTS) is 1. The van der Waals surface area contributed by atoms with E-state index in [1.54, 1.807) is 5.57 Å². The van der Waals surface area contributed by atoms with Gasteiger partial charge < -0.3 is 9.84 Å². The van der Waals surface area contributed by atoms with Crippen LogP contribution < -0.4 is 0 Å². The molecular formula is C46H80O3. The number of unbranched alkanes of at least 4 members (excludes halogenated alkanes) is 13. The van der Waals surface area contributed by atoms with Gasteiger partial charge in [-0.1, -0.05) is 151 Å². The van der Waals surface area contributed by atoms with Crippen LogP contribution in [0.5, 0.6) is 0 Å². The van der Waals surface area contributed by atoms with Crippen LogP contribution in [0.2, 0.25) is 0 Å². The van der Waals surface area contributed by atoms with E-state index in [2.05, 4.69) is 61.5 Å². The summed E-state index contributed by atoms with van der Waals surface area (Å²) >= 11 is 0. The molecule has 4 fully saturated rings. The molecule has 0 amide bonds. The van der Waals surface area contributed by atoms with Crippen LogP contribution in [-0.4, -0.2) is 23.8 Å². The largest absolute Gasteiger partial charge is 0.481 e. The molecule has 3 heteroatoms. The second-order valence-electron chi connectivity index (χ2n) is 19.9. The Balaban J connectivity index is 1.13. The maximum atomic E-state index is 13.0. The van der Waals surface area contributed by atoms with E-state index in [0.717, 1.165) is 38.7 Å². The molecule has 3 nitrogen and oxygen atoms in total. The van der Waals surface area contributed by atoms with Crippen molar-refractivity contribution in [1.82, 2.24) is 0 Å².